The van der Waals surface area contributed by atoms with E-state index in [9.17, 15) is 13.2 Å². The molecule has 0 saturated carbocycles. The summed E-state index contributed by atoms with van der Waals surface area (Å²) in [5, 5.41) is 1.33. The van der Waals surface area contributed by atoms with Crippen molar-refractivity contribution < 1.29 is 13.2 Å². The molecule has 0 fully saturated rings. The average Bonchev–Trinajstić information content (AvgIpc) is 3.15. The summed E-state index contributed by atoms with van der Waals surface area (Å²) in [6, 6.07) is 14.7. The van der Waals surface area contributed by atoms with E-state index in [2.05, 4.69) is 21.3 Å². The van der Waals surface area contributed by atoms with E-state index in [4.69, 9.17) is 11.6 Å². The van der Waals surface area contributed by atoms with Gasteiger partial charge in [0.05, 0.1) is 17.0 Å². The van der Waals surface area contributed by atoms with Crippen LogP contribution in [0.1, 0.15) is 11.1 Å². The SMILES string of the molecule is C=CC(=O)Cc1cc(-c2c(-c3ccc(NS(C)(=O)=O)cc3)[nH]c3nccc(Cl)c23)ccc1C. The first-order chi connectivity index (χ1) is 15.7. The molecule has 0 unspecified atom stereocenters. The molecule has 0 bridgehead atoms. The summed E-state index contributed by atoms with van der Waals surface area (Å²) in [5.74, 6) is -0.0527. The monoisotopic (exact) mass is 479 g/mol. The molecule has 168 valence electrons. The number of carbonyl (C=O) groups is 1. The van der Waals surface area contributed by atoms with Crippen molar-refractivity contribution in [2.45, 2.75) is 13.3 Å². The predicted molar refractivity (Wildman–Crippen MR) is 134 cm³/mol. The lowest BCUT2D eigenvalue weighted by Crippen LogP contribution is -2.09. The van der Waals surface area contributed by atoms with Crippen LogP contribution in [0.2, 0.25) is 5.02 Å². The highest BCUT2D eigenvalue weighted by Gasteiger charge is 2.19. The molecule has 2 heterocycles. The lowest BCUT2D eigenvalue weighted by atomic mass is 9.94. The Bertz CT molecular complexity index is 1490. The van der Waals surface area contributed by atoms with Gasteiger partial charge in [0, 0.05) is 29.3 Å². The topological polar surface area (TPSA) is 91.9 Å². The smallest absolute Gasteiger partial charge is 0.229 e. The van der Waals surface area contributed by atoms with Gasteiger partial charge in [-0.3, -0.25) is 9.52 Å². The number of sulfonamides is 1. The predicted octanol–water partition coefficient (Wildman–Crippen LogP) is 5.53. The number of ketones is 1. The lowest BCUT2D eigenvalue weighted by Gasteiger charge is -2.11. The minimum Gasteiger partial charge on any atom is -0.339 e. The van der Waals surface area contributed by atoms with Crippen LogP contribution in [0.5, 0.6) is 0 Å². The van der Waals surface area contributed by atoms with Gasteiger partial charge < -0.3 is 4.98 Å². The maximum atomic E-state index is 12.0. The number of pyridine rings is 1. The molecule has 0 spiro atoms. The first kappa shape index (κ1) is 22.8. The molecular formula is C25H22ClN3O3S. The Morgan fingerprint density at radius 1 is 1.15 bits per heavy atom. The molecule has 0 atom stereocenters. The van der Waals surface area contributed by atoms with E-state index >= 15 is 0 Å². The molecule has 8 heteroatoms. The summed E-state index contributed by atoms with van der Waals surface area (Å²) in [4.78, 5) is 19.8. The summed E-state index contributed by atoms with van der Waals surface area (Å²) < 4.78 is 25.5. The van der Waals surface area contributed by atoms with Crippen molar-refractivity contribution in [2.24, 2.45) is 0 Å². The van der Waals surface area contributed by atoms with Crippen molar-refractivity contribution in [2.75, 3.05) is 11.0 Å². The Hall–Kier alpha value is -3.42. The van der Waals surface area contributed by atoms with E-state index in [0.717, 1.165) is 45.2 Å². The number of allylic oxidation sites excluding steroid dienone is 1. The number of nitrogens with one attached hydrogen (secondary N) is 2. The minimum absolute atomic E-state index is 0.0527. The fourth-order valence-electron chi connectivity index (χ4n) is 3.78. The number of carbonyl (C=O) groups excluding carboxylic acids is 1. The first-order valence-electron chi connectivity index (χ1n) is 10.2. The molecule has 0 aliphatic rings. The van der Waals surface area contributed by atoms with E-state index in [-0.39, 0.29) is 12.2 Å². The van der Waals surface area contributed by atoms with Gasteiger partial charge in [0.15, 0.2) is 5.78 Å². The van der Waals surface area contributed by atoms with Gasteiger partial charge in [-0.05, 0) is 53.5 Å². The van der Waals surface area contributed by atoms with Gasteiger partial charge in [-0.15, -0.1) is 0 Å². The number of benzene rings is 2. The normalized spacial score (nSPS) is 11.5. The molecule has 4 aromatic rings. The molecule has 2 N–H and O–H groups in total. The van der Waals surface area contributed by atoms with Crippen LogP contribution >= 0.6 is 11.6 Å². The molecule has 0 radical (unpaired) electrons. The molecule has 2 aromatic carbocycles. The second kappa shape index (κ2) is 8.84. The number of aromatic amines is 1. The summed E-state index contributed by atoms with van der Waals surface area (Å²) in [7, 11) is -3.37. The molecule has 0 saturated heterocycles. The number of rotatable bonds is 7. The van der Waals surface area contributed by atoms with E-state index in [1.54, 1.807) is 24.4 Å². The largest absolute Gasteiger partial charge is 0.339 e. The summed E-state index contributed by atoms with van der Waals surface area (Å²) >= 11 is 6.58. The molecule has 2 aromatic heterocycles. The Morgan fingerprint density at radius 3 is 2.52 bits per heavy atom. The maximum Gasteiger partial charge on any atom is 0.229 e. The Kier molecular flexibility index (Phi) is 6.10. The van der Waals surface area contributed by atoms with Gasteiger partial charge in [-0.2, -0.15) is 0 Å². The highest BCUT2D eigenvalue weighted by Crippen LogP contribution is 2.41. The van der Waals surface area contributed by atoms with Gasteiger partial charge in [0.25, 0.3) is 0 Å². The second-order valence-corrected chi connectivity index (χ2v) is 9.99. The molecule has 0 amide bonds. The van der Waals surface area contributed by atoms with Gasteiger partial charge in [0.1, 0.15) is 5.65 Å². The Labute approximate surface area is 197 Å². The lowest BCUT2D eigenvalue weighted by molar-refractivity contribution is -0.114. The van der Waals surface area contributed by atoms with E-state index < -0.39 is 10.0 Å². The average molecular weight is 480 g/mol. The van der Waals surface area contributed by atoms with Crippen molar-refractivity contribution in [1.29, 1.82) is 0 Å². The van der Waals surface area contributed by atoms with Gasteiger partial charge in [0.2, 0.25) is 10.0 Å². The third-order valence-electron chi connectivity index (χ3n) is 5.35. The standard InChI is InChI=1S/C25H22ClN3O3S/c1-4-20(30)14-18-13-17(6-5-15(18)2)22-23-21(26)11-12-27-25(23)28-24(22)16-7-9-19(10-8-16)29-33(3,31)32/h4-13,29H,1,14H2,2-3H3,(H,27,28). The Morgan fingerprint density at radius 2 is 1.85 bits per heavy atom. The quantitative estimate of drug-likeness (QED) is 0.341. The zero-order valence-corrected chi connectivity index (χ0v) is 19.7. The zero-order valence-electron chi connectivity index (χ0n) is 18.1. The van der Waals surface area contributed by atoms with Crippen molar-refractivity contribution in [3.63, 3.8) is 0 Å². The number of fused-ring (bicyclic) bond motifs is 1. The number of aromatic nitrogens is 2. The number of hydrogen-bond acceptors (Lipinski definition) is 4. The fourth-order valence-corrected chi connectivity index (χ4v) is 4.58. The molecule has 6 nitrogen and oxygen atoms in total. The number of H-pyrrole nitrogens is 1. The van der Waals surface area contributed by atoms with Crippen LogP contribution in [0.15, 0.2) is 67.4 Å². The van der Waals surface area contributed by atoms with Crippen LogP contribution in [-0.4, -0.2) is 30.4 Å². The number of anilines is 1. The molecule has 4 rings (SSSR count). The first-order valence-corrected chi connectivity index (χ1v) is 12.4. The van der Waals surface area contributed by atoms with E-state index in [1.165, 1.54) is 6.08 Å². The minimum atomic E-state index is -3.37. The highest BCUT2D eigenvalue weighted by atomic mass is 35.5. The van der Waals surface area contributed by atoms with Crippen LogP contribution in [0.4, 0.5) is 5.69 Å². The maximum absolute atomic E-state index is 12.0. The van der Waals surface area contributed by atoms with Crippen molar-refractivity contribution in [3.05, 3.63) is 83.5 Å². The summed E-state index contributed by atoms with van der Waals surface area (Å²) in [6.45, 7) is 5.54. The molecule has 0 aliphatic heterocycles. The van der Waals surface area contributed by atoms with Gasteiger partial charge >= 0.3 is 0 Å². The zero-order chi connectivity index (χ0) is 23.8. The van der Waals surface area contributed by atoms with Gasteiger partial charge in [-0.25, -0.2) is 13.4 Å². The van der Waals surface area contributed by atoms with Crippen molar-refractivity contribution >= 4 is 44.1 Å². The number of nitrogens with zero attached hydrogens (tertiary/aromatic N) is 1. The van der Waals surface area contributed by atoms with Crippen LogP contribution in [-0.2, 0) is 21.2 Å². The van der Waals surface area contributed by atoms with Crippen LogP contribution < -0.4 is 4.72 Å². The van der Waals surface area contributed by atoms with E-state index in [1.807, 2.05) is 37.3 Å². The molecule has 33 heavy (non-hydrogen) atoms. The molecule has 0 aliphatic carbocycles. The fraction of sp³-hybridized carbons (Fsp3) is 0.120. The highest BCUT2D eigenvalue weighted by molar-refractivity contribution is 7.92. The van der Waals surface area contributed by atoms with E-state index in [0.29, 0.717) is 16.4 Å². The summed E-state index contributed by atoms with van der Waals surface area (Å²) in [5.41, 5.74) is 6.40. The number of aryl methyl sites for hydroxylation is 1. The summed E-state index contributed by atoms with van der Waals surface area (Å²) in [6.07, 6.45) is 4.34. The third kappa shape index (κ3) is 4.84. The van der Waals surface area contributed by atoms with Crippen molar-refractivity contribution in [1.82, 2.24) is 9.97 Å². The van der Waals surface area contributed by atoms with Crippen LogP contribution in [0, 0.1) is 6.92 Å². The second-order valence-electron chi connectivity index (χ2n) is 7.83. The number of halogens is 1. The number of hydrogen-bond donors (Lipinski definition) is 2. The van der Waals surface area contributed by atoms with Crippen molar-refractivity contribution in [3.8, 4) is 22.4 Å². The van der Waals surface area contributed by atoms with Gasteiger partial charge in [-0.1, -0.05) is 48.5 Å². The Balaban J connectivity index is 1.90. The van der Waals surface area contributed by atoms with Crippen LogP contribution in [0.25, 0.3) is 33.4 Å². The van der Waals surface area contributed by atoms with Crippen LogP contribution in [0.3, 0.4) is 0 Å². The third-order valence-corrected chi connectivity index (χ3v) is 6.27. The molecular weight excluding hydrogens is 458 g/mol.